The third-order valence-electron chi connectivity index (χ3n) is 3.92. The molecule has 2 N–H and O–H groups in total. The molecule has 5 heteroatoms. The lowest BCUT2D eigenvalue weighted by Crippen LogP contribution is -2.27. The molecule has 0 radical (unpaired) electrons. The van der Waals surface area contributed by atoms with Crippen LogP contribution in [-0.4, -0.2) is 30.6 Å². The van der Waals surface area contributed by atoms with Crippen LogP contribution in [0, 0.1) is 13.8 Å². The van der Waals surface area contributed by atoms with Crippen molar-refractivity contribution in [3.05, 3.63) is 64.2 Å². The number of benzene rings is 2. The van der Waals surface area contributed by atoms with E-state index in [9.17, 15) is 9.59 Å². The lowest BCUT2D eigenvalue weighted by Gasteiger charge is -2.12. The van der Waals surface area contributed by atoms with Gasteiger partial charge in [0.05, 0.1) is 12.7 Å². The molecule has 0 aliphatic heterocycles. The summed E-state index contributed by atoms with van der Waals surface area (Å²) in [7, 11) is 1.50. The molecule has 0 aromatic heterocycles. The van der Waals surface area contributed by atoms with Crippen LogP contribution in [-0.2, 0) is 6.42 Å². The second-order valence-electron chi connectivity index (χ2n) is 5.60. The van der Waals surface area contributed by atoms with Crippen molar-refractivity contribution in [3.8, 4) is 5.75 Å². The first-order chi connectivity index (χ1) is 11.4. The van der Waals surface area contributed by atoms with E-state index in [1.165, 1.54) is 19.2 Å². The fourth-order valence-electron chi connectivity index (χ4n) is 2.66. The summed E-state index contributed by atoms with van der Waals surface area (Å²) in [4.78, 5) is 23.3. The molecule has 2 aromatic rings. The average Bonchev–Trinajstić information content (AvgIpc) is 2.54. The highest BCUT2D eigenvalue weighted by Gasteiger charge is 2.12. The molecule has 126 valence electrons. The smallest absolute Gasteiger partial charge is 0.335 e. The molecule has 0 fully saturated rings. The Bertz CT molecular complexity index is 748. The Morgan fingerprint density at radius 3 is 2.38 bits per heavy atom. The van der Waals surface area contributed by atoms with Crippen molar-refractivity contribution in [2.45, 2.75) is 20.3 Å². The van der Waals surface area contributed by atoms with E-state index in [0.29, 0.717) is 24.3 Å². The second kappa shape index (κ2) is 7.64. The van der Waals surface area contributed by atoms with Gasteiger partial charge in [0.25, 0.3) is 5.91 Å². The number of methoxy groups -OCH3 is 1. The molecule has 0 spiro atoms. The van der Waals surface area contributed by atoms with Crippen LogP contribution in [0.15, 0.2) is 36.4 Å². The van der Waals surface area contributed by atoms with E-state index >= 15 is 0 Å². The van der Waals surface area contributed by atoms with Crippen LogP contribution < -0.4 is 10.1 Å². The number of carboxylic acid groups (broad SMARTS) is 1. The van der Waals surface area contributed by atoms with Crippen molar-refractivity contribution in [1.29, 1.82) is 0 Å². The standard InChI is InChI=1S/C19H21NO4/c1-12-5-4-6-13(2)17(12)18(21)20-10-9-14-7-8-15(19(22)23)11-16(14)24-3/h4-8,11H,9-10H2,1-3H3,(H,20,21)(H,22,23). The summed E-state index contributed by atoms with van der Waals surface area (Å²) in [5.41, 5.74) is 3.61. The first-order valence-electron chi connectivity index (χ1n) is 7.68. The third kappa shape index (κ3) is 3.93. The Morgan fingerprint density at radius 2 is 1.79 bits per heavy atom. The number of carbonyl (C=O) groups is 2. The predicted molar refractivity (Wildman–Crippen MR) is 91.9 cm³/mol. The molecule has 5 nitrogen and oxygen atoms in total. The molecular formula is C19H21NO4. The molecule has 0 aliphatic rings. The van der Waals surface area contributed by atoms with Gasteiger partial charge in [0.1, 0.15) is 5.75 Å². The number of rotatable bonds is 6. The molecule has 0 heterocycles. The van der Waals surface area contributed by atoms with E-state index in [1.807, 2.05) is 32.0 Å². The lowest BCUT2D eigenvalue weighted by atomic mass is 10.0. The maximum Gasteiger partial charge on any atom is 0.335 e. The summed E-state index contributed by atoms with van der Waals surface area (Å²) in [6.45, 7) is 4.26. The number of amides is 1. The maximum atomic E-state index is 12.4. The summed E-state index contributed by atoms with van der Waals surface area (Å²) in [6.07, 6.45) is 0.555. The largest absolute Gasteiger partial charge is 0.496 e. The SMILES string of the molecule is COc1cc(C(=O)O)ccc1CCNC(=O)c1c(C)cccc1C. The van der Waals surface area contributed by atoms with Crippen LogP contribution in [0.25, 0.3) is 0 Å². The highest BCUT2D eigenvalue weighted by Crippen LogP contribution is 2.21. The van der Waals surface area contributed by atoms with E-state index in [0.717, 1.165) is 16.7 Å². The Morgan fingerprint density at radius 1 is 1.12 bits per heavy atom. The number of carboxylic acids is 1. The van der Waals surface area contributed by atoms with Gasteiger partial charge in [-0.15, -0.1) is 0 Å². The molecule has 0 unspecified atom stereocenters. The van der Waals surface area contributed by atoms with E-state index < -0.39 is 5.97 Å². The van der Waals surface area contributed by atoms with Crippen molar-refractivity contribution < 1.29 is 19.4 Å². The Kier molecular flexibility index (Phi) is 5.58. The molecule has 2 rings (SSSR count). The van der Waals surface area contributed by atoms with Crippen molar-refractivity contribution in [2.75, 3.05) is 13.7 Å². The van der Waals surface area contributed by atoms with Gasteiger partial charge < -0.3 is 15.2 Å². The summed E-state index contributed by atoms with van der Waals surface area (Å²) in [5, 5.41) is 11.9. The molecule has 0 saturated heterocycles. The van der Waals surface area contributed by atoms with Crippen molar-refractivity contribution >= 4 is 11.9 Å². The molecule has 24 heavy (non-hydrogen) atoms. The van der Waals surface area contributed by atoms with Gasteiger partial charge in [-0.1, -0.05) is 24.3 Å². The van der Waals surface area contributed by atoms with E-state index in [2.05, 4.69) is 5.32 Å². The predicted octanol–water partition coefficient (Wildman–Crippen LogP) is 2.98. The number of hydrogen-bond donors (Lipinski definition) is 2. The zero-order valence-corrected chi connectivity index (χ0v) is 14.1. The van der Waals surface area contributed by atoms with Gasteiger partial charge in [-0.25, -0.2) is 4.79 Å². The monoisotopic (exact) mass is 327 g/mol. The number of aromatic carboxylic acids is 1. The fraction of sp³-hybridized carbons (Fsp3) is 0.263. The number of carbonyl (C=O) groups excluding carboxylic acids is 1. The first-order valence-corrected chi connectivity index (χ1v) is 7.68. The van der Waals surface area contributed by atoms with Gasteiger partial charge in [-0.2, -0.15) is 0 Å². The summed E-state index contributed by atoms with van der Waals surface area (Å²) in [6, 6.07) is 10.5. The molecule has 0 saturated carbocycles. The van der Waals surface area contributed by atoms with Gasteiger partial charge in [0, 0.05) is 12.1 Å². The van der Waals surface area contributed by atoms with Crippen molar-refractivity contribution in [2.24, 2.45) is 0 Å². The van der Waals surface area contributed by atoms with Crippen LogP contribution in [0.3, 0.4) is 0 Å². The van der Waals surface area contributed by atoms with E-state index in [1.54, 1.807) is 6.07 Å². The van der Waals surface area contributed by atoms with Crippen molar-refractivity contribution in [1.82, 2.24) is 5.32 Å². The highest BCUT2D eigenvalue weighted by molar-refractivity contribution is 5.97. The Hall–Kier alpha value is -2.82. The van der Waals surface area contributed by atoms with Gasteiger partial charge in [-0.3, -0.25) is 4.79 Å². The molecule has 1 amide bonds. The molecule has 2 aromatic carbocycles. The maximum absolute atomic E-state index is 12.4. The first kappa shape index (κ1) is 17.5. The van der Waals surface area contributed by atoms with Crippen LogP contribution in [0.4, 0.5) is 0 Å². The normalized spacial score (nSPS) is 10.3. The van der Waals surface area contributed by atoms with Crippen LogP contribution in [0.1, 0.15) is 37.4 Å². The summed E-state index contributed by atoms with van der Waals surface area (Å²) in [5.74, 6) is -0.592. The van der Waals surface area contributed by atoms with Gasteiger partial charge >= 0.3 is 5.97 Å². The average molecular weight is 327 g/mol. The lowest BCUT2D eigenvalue weighted by molar-refractivity contribution is 0.0696. The van der Waals surface area contributed by atoms with Crippen molar-refractivity contribution in [3.63, 3.8) is 0 Å². The zero-order chi connectivity index (χ0) is 17.7. The number of ether oxygens (including phenoxy) is 1. The zero-order valence-electron chi connectivity index (χ0n) is 14.1. The molecular weight excluding hydrogens is 306 g/mol. The topological polar surface area (TPSA) is 75.6 Å². The Balaban J connectivity index is 2.04. The minimum Gasteiger partial charge on any atom is -0.496 e. The quantitative estimate of drug-likeness (QED) is 0.855. The van der Waals surface area contributed by atoms with Gasteiger partial charge in [0.15, 0.2) is 0 Å². The van der Waals surface area contributed by atoms with Crippen LogP contribution in [0.5, 0.6) is 5.75 Å². The molecule has 0 atom stereocenters. The van der Waals surface area contributed by atoms with Gasteiger partial charge in [-0.05, 0) is 49.1 Å². The number of nitrogens with one attached hydrogen (secondary N) is 1. The molecule has 0 aliphatic carbocycles. The van der Waals surface area contributed by atoms with Crippen LogP contribution >= 0.6 is 0 Å². The third-order valence-corrected chi connectivity index (χ3v) is 3.92. The fourth-order valence-corrected chi connectivity index (χ4v) is 2.66. The second-order valence-corrected chi connectivity index (χ2v) is 5.60. The summed E-state index contributed by atoms with van der Waals surface area (Å²) >= 11 is 0. The van der Waals surface area contributed by atoms with E-state index in [-0.39, 0.29) is 11.5 Å². The van der Waals surface area contributed by atoms with Gasteiger partial charge in [0.2, 0.25) is 0 Å². The molecule has 0 bridgehead atoms. The number of aryl methyl sites for hydroxylation is 2. The minimum atomic E-state index is -0.997. The minimum absolute atomic E-state index is 0.105. The summed E-state index contributed by atoms with van der Waals surface area (Å²) < 4.78 is 5.24. The number of hydrogen-bond acceptors (Lipinski definition) is 3. The van der Waals surface area contributed by atoms with E-state index in [4.69, 9.17) is 9.84 Å². The Labute approximate surface area is 141 Å². The van der Waals surface area contributed by atoms with Crippen LogP contribution in [0.2, 0.25) is 0 Å². The highest BCUT2D eigenvalue weighted by atomic mass is 16.5.